The fourth-order valence-corrected chi connectivity index (χ4v) is 5.33. The van der Waals surface area contributed by atoms with Gasteiger partial charge in [0.25, 0.3) is 5.91 Å². The lowest BCUT2D eigenvalue weighted by Crippen LogP contribution is -2.56. The number of carbonyl (C=O) groups excluding carboxylic acids is 1. The average molecular weight is 468 g/mol. The maximum atomic E-state index is 13.2. The number of piperidine rings is 1. The maximum Gasteiger partial charge on any atom is 0.256 e. The summed E-state index contributed by atoms with van der Waals surface area (Å²) in [5, 5.41) is 7.80. The van der Waals surface area contributed by atoms with Crippen molar-refractivity contribution in [3.63, 3.8) is 0 Å². The molecule has 0 spiro atoms. The van der Waals surface area contributed by atoms with Gasteiger partial charge in [-0.3, -0.25) is 4.79 Å². The lowest BCUT2D eigenvalue weighted by atomic mass is 9.98. The summed E-state index contributed by atoms with van der Waals surface area (Å²) in [6.45, 7) is 5.54. The van der Waals surface area contributed by atoms with E-state index in [-0.39, 0.29) is 18.2 Å². The SMILES string of the molecule is CCC(N)NC(=O)c1cc2cc(C)ccc2nc1N1CCC(NC2CCCCCC2)C(OC)C1. The number of rotatable bonds is 7. The zero-order valence-corrected chi connectivity index (χ0v) is 21.0. The number of ether oxygens (including phenoxy) is 1. The van der Waals surface area contributed by atoms with Crippen molar-refractivity contribution in [2.24, 2.45) is 5.73 Å². The Kier molecular flexibility index (Phi) is 8.40. The van der Waals surface area contributed by atoms with Crippen LogP contribution in [0.15, 0.2) is 24.3 Å². The van der Waals surface area contributed by atoms with Gasteiger partial charge < -0.3 is 26.0 Å². The summed E-state index contributed by atoms with van der Waals surface area (Å²) in [7, 11) is 1.79. The summed E-state index contributed by atoms with van der Waals surface area (Å²) < 4.78 is 5.96. The molecule has 2 heterocycles. The van der Waals surface area contributed by atoms with Crippen LogP contribution in [0.25, 0.3) is 10.9 Å². The van der Waals surface area contributed by atoms with Gasteiger partial charge in [-0.05, 0) is 50.8 Å². The molecule has 34 heavy (non-hydrogen) atoms. The van der Waals surface area contributed by atoms with Gasteiger partial charge in [-0.1, -0.05) is 44.2 Å². The molecule has 186 valence electrons. The molecule has 1 aromatic heterocycles. The molecule has 4 N–H and O–H groups in total. The standard InChI is InChI=1S/C27H41N5O2/c1-4-25(28)31-27(33)21-16-19-15-18(2)11-12-22(19)30-26(21)32-14-13-23(24(17-32)34-3)29-20-9-7-5-6-8-10-20/h11-12,15-16,20,23-25,29H,4-10,13-14,17,28H2,1-3H3,(H,31,33). The second kappa shape index (κ2) is 11.5. The summed E-state index contributed by atoms with van der Waals surface area (Å²) in [5.74, 6) is 0.542. The number of nitrogens with one attached hydrogen (secondary N) is 2. The largest absolute Gasteiger partial charge is 0.378 e. The van der Waals surface area contributed by atoms with Crippen molar-refractivity contribution in [3.05, 3.63) is 35.4 Å². The first-order valence-electron chi connectivity index (χ1n) is 13.0. The third-order valence-electron chi connectivity index (χ3n) is 7.42. The minimum absolute atomic E-state index is 0.0429. The molecular formula is C27H41N5O2. The Bertz CT molecular complexity index is 973. The van der Waals surface area contributed by atoms with Gasteiger partial charge in [0.15, 0.2) is 0 Å². The number of methoxy groups -OCH3 is 1. The van der Waals surface area contributed by atoms with Gasteiger partial charge in [0.05, 0.1) is 23.3 Å². The van der Waals surface area contributed by atoms with E-state index in [2.05, 4.69) is 34.6 Å². The number of pyridine rings is 1. The average Bonchev–Trinajstić information content (AvgIpc) is 3.12. The van der Waals surface area contributed by atoms with E-state index in [9.17, 15) is 4.79 Å². The quantitative estimate of drug-likeness (QED) is 0.423. The van der Waals surface area contributed by atoms with Crippen LogP contribution >= 0.6 is 0 Å². The summed E-state index contributed by atoms with van der Waals surface area (Å²) in [6.07, 6.45) is 9.13. The Balaban J connectivity index is 1.58. The summed E-state index contributed by atoms with van der Waals surface area (Å²) >= 11 is 0. The summed E-state index contributed by atoms with van der Waals surface area (Å²) in [4.78, 5) is 20.4. The molecule has 7 heteroatoms. The highest BCUT2D eigenvalue weighted by Gasteiger charge is 2.33. The molecule has 3 atom stereocenters. The van der Waals surface area contributed by atoms with E-state index in [0.717, 1.165) is 29.4 Å². The fourth-order valence-electron chi connectivity index (χ4n) is 5.33. The molecule has 2 aliphatic rings. The molecule has 1 aliphatic carbocycles. The molecule has 1 saturated heterocycles. The van der Waals surface area contributed by atoms with Crippen molar-refractivity contribution in [2.45, 2.75) is 89.6 Å². The Morgan fingerprint density at radius 1 is 1.21 bits per heavy atom. The normalized spacial score (nSPS) is 23.0. The number of amides is 1. The highest BCUT2D eigenvalue weighted by molar-refractivity contribution is 6.02. The van der Waals surface area contributed by atoms with Crippen LogP contribution in [-0.4, -0.2) is 55.4 Å². The van der Waals surface area contributed by atoms with Crippen LogP contribution in [-0.2, 0) is 4.74 Å². The summed E-state index contributed by atoms with van der Waals surface area (Å²) in [5.41, 5.74) is 8.66. The molecule has 4 rings (SSSR count). The smallest absolute Gasteiger partial charge is 0.256 e. The van der Waals surface area contributed by atoms with Crippen LogP contribution in [0, 0.1) is 6.92 Å². The van der Waals surface area contributed by atoms with Crippen molar-refractivity contribution in [1.29, 1.82) is 0 Å². The van der Waals surface area contributed by atoms with Gasteiger partial charge in [0, 0.05) is 37.7 Å². The van der Waals surface area contributed by atoms with E-state index >= 15 is 0 Å². The number of hydrogen-bond acceptors (Lipinski definition) is 6. The molecule has 7 nitrogen and oxygen atoms in total. The second-order valence-electron chi connectivity index (χ2n) is 10.0. The number of aryl methyl sites for hydroxylation is 1. The van der Waals surface area contributed by atoms with Gasteiger partial charge in [-0.25, -0.2) is 4.98 Å². The number of aromatic nitrogens is 1. The monoisotopic (exact) mass is 467 g/mol. The van der Waals surface area contributed by atoms with Crippen LogP contribution in [0.5, 0.6) is 0 Å². The van der Waals surface area contributed by atoms with E-state index in [0.29, 0.717) is 36.4 Å². The predicted octanol–water partition coefficient (Wildman–Crippen LogP) is 3.87. The van der Waals surface area contributed by atoms with Crippen LogP contribution in [0.3, 0.4) is 0 Å². The van der Waals surface area contributed by atoms with Crippen LogP contribution in [0.4, 0.5) is 5.82 Å². The van der Waals surface area contributed by atoms with Gasteiger partial charge in [-0.2, -0.15) is 0 Å². The molecule has 3 unspecified atom stereocenters. The highest BCUT2D eigenvalue weighted by atomic mass is 16.5. The zero-order valence-electron chi connectivity index (χ0n) is 21.0. The molecule has 1 amide bonds. The topological polar surface area (TPSA) is 92.5 Å². The molecule has 0 bridgehead atoms. The molecule has 1 aliphatic heterocycles. The second-order valence-corrected chi connectivity index (χ2v) is 10.0. The number of carbonyl (C=O) groups is 1. The van der Waals surface area contributed by atoms with Crippen molar-refractivity contribution in [3.8, 4) is 0 Å². The highest BCUT2D eigenvalue weighted by Crippen LogP contribution is 2.29. The van der Waals surface area contributed by atoms with Crippen molar-refractivity contribution < 1.29 is 9.53 Å². The molecule has 0 radical (unpaired) electrons. The molecular weight excluding hydrogens is 426 g/mol. The van der Waals surface area contributed by atoms with Gasteiger partial charge in [0.2, 0.25) is 0 Å². The third-order valence-corrected chi connectivity index (χ3v) is 7.42. The van der Waals surface area contributed by atoms with Crippen LogP contribution in [0.2, 0.25) is 0 Å². The third kappa shape index (κ3) is 5.88. The Hall–Kier alpha value is -2.22. The Morgan fingerprint density at radius 3 is 2.68 bits per heavy atom. The van der Waals surface area contributed by atoms with Crippen molar-refractivity contribution in [1.82, 2.24) is 15.6 Å². The maximum absolute atomic E-state index is 13.2. The molecule has 2 aromatic rings. The first kappa shape index (κ1) is 24.9. The molecule has 2 fully saturated rings. The lowest BCUT2D eigenvalue weighted by molar-refractivity contribution is 0.0546. The van der Waals surface area contributed by atoms with E-state index in [1.165, 1.54) is 38.5 Å². The van der Waals surface area contributed by atoms with Gasteiger partial charge in [-0.15, -0.1) is 0 Å². The number of hydrogen-bond donors (Lipinski definition) is 3. The van der Waals surface area contributed by atoms with Crippen LogP contribution in [0.1, 0.15) is 74.2 Å². The van der Waals surface area contributed by atoms with Crippen molar-refractivity contribution >= 4 is 22.6 Å². The summed E-state index contributed by atoms with van der Waals surface area (Å²) in [6, 6.07) is 9.02. The zero-order chi connectivity index (χ0) is 24.1. The number of nitrogens with two attached hydrogens (primary N) is 1. The first-order valence-corrected chi connectivity index (χ1v) is 13.0. The minimum atomic E-state index is -0.380. The predicted molar refractivity (Wildman–Crippen MR) is 138 cm³/mol. The minimum Gasteiger partial charge on any atom is -0.378 e. The van der Waals surface area contributed by atoms with Crippen LogP contribution < -0.4 is 21.3 Å². The molecule has 1 aromatic carbocycles. The number of anilines is 1. The van der Waals surface area contributed by atoms with Gasteiger partial charge >= 0.3 is 0 Å². The Labute approximate surface area is 203 Å². The van der Waals surface area contributed by atoms with E-state index in [4.69, 9.17) is 15.5 Å². The fraction of sp³-hybridized carbons (Fsp3) is 0.630. The van der Waals surface area contributed by atoms with Gasteiger partial charge in [0.1, 0.15) is 5.82 Å². The Morgan fingerprint density at radius 2 is 1.97 bits per heavy atom. The van der Waals surface area contributed by atoms with E-state index in [1.807, 2.05) is 19.1 Å². The van der Waals surface area contributed by atoms with E-state index < -0.39 is 0 Å². The lowest BCUT2D eigenvalue weighted by Gasteiger charge is -2.40. The number of benzene rings is 1. The first-order chi connectivity index (χ1) is 16.5. The number of fused-ring (bicyclic) bond motifs is 1. The van der Waals surface area contributed by atoms with Crippen molar-refractivity contribution in [2.75, 3.05) is 25.1 Å². The van der Waals surface area contributed by atoms with E-state index in [1.54, 1.807) is 7.11 Å². The molecule has 1 saturated carbocycles. The number of nitrogens with zero attached hydrogens (tertiary/aromatic N) is 2.